The van der Waals surface area contributed by atoms with E-state index in [0.29, 0.717) is 17.2 Å². The van der Waals surface area contributed by atoms with Crippen LogP contribution in [0.5, 0.6) is 0 Å². The van der Waals surface area contributed by atoms with Crippen LogP contribution in [0.3, 0.4) is 0 Å². The molecule has 0 radical (unpaired) electrons. The molecular weight excluding hydrogens is 288 g/mol. The summed E-state index contributed by atoms with van der Waals surface area (Å²) in [5, 5.41) is 12.4. The first-order valence-electron chi connectivity index (χ1n) is 6.68. The summed E-state index contributed by atoms with van der Waals surface area (Å²) in [6.45, 7) is 2.83. The molecule has 3 aromatic rings. The quantitative estimate of drug-likeness (QED) is 0.678. The number of tetrazole rings is 1. The summed E-state index contributed by atoms with van der Waals surface area (Å²) in [7, 11) is 0. The molecule has 108 valence electrons. The maximum Gasteiger partial charge on any atom is 0.348 e. The first-order valence-corrected chi connectivity index (χ1v) is 7.50. The van der Waals surface area contributed by atoms with Crippen LogP contribution in [0.15, 0.2) is 30.3 Å². The molecule has 0 amide bonds. The summed E-state index contributed by atoms with van der Waals surface area (Å²) in [6.07, 6.45) is 0.919. The van der Waals surface area contributed by atoms with Crippen molar-refractivity contribution in [3.05, 3.63) is 41.0 Å². The lowest BCUT2D eigenvalue weighted by atomic mass is 10.2. The summed E-state index contributed by atoms with van der Waals surface area (Å²) in [6, 6.07) is 9.70. The van der Waals surface area contributed by atoms with Gasteiger partial charge in [0, 0.05) is 11.2 Å². The van der Waals surface area contributed by atoms with Crippen molar-refractivity contribution in [2.75, 3.05) is 0 Å². The van der Waals surface area contributed by atoms with Gasteiger partial charge in [-0.25, -0.2) is 9.48 Å². The van der Waals surface area contributed by atoms with E-state index in [1.54, 1.807) is 4.68 Å². The fourth-order valence-corrected chi connectivity index (χ4v) is 2.95. The maximum atomic E-state index is 12.1. The van der Waals surface area contributed by atoms with Crippen LogP contribution >= 0.6 is 11.3 Å². The van der Waals surface area contributed by atoms with Gasteiger partial charge in [0.15, 0.2) is 12.4 Å². The molecule has 0 fully saturated rings. The Hall–Kier alpha value is -2.28. The third-order valence-corrected chi connectivity index (χ3v) is 4.10. The molecule has 0 aliphatic carbocycles. The number of aromatic nitrogens is 4. The van der Waals surface area contributed by atoms with Gasteiger partial charge in [0.25, 0.3) is 0 Å². The van der Waals surface area contributed by atoms with Crippen molar-refractivity contribution in [1.82, 2.24) is 20.2 Å². The molecule has 0 N–H and O–H groups in total. The number of thiophene rings is 1. The Bertz CT molecular complexity index is 732. The molecule has 0 atom stereocenters. The summed E-state index contributed by atoms with van der Waals surface area (Å²) < 4.78 is 8.02. The van der Waals surface area contributed by atoms with E-state index in [-0.39, 0.29) is 12.6 Å². The number of nitrogens with zero attached hydrogens (tertiary/aromatic N) is 4. The zero-order valence-electron chi connectivity index (χ0n) is 11.5. The number of benzene rings is 1. The zero-order valence-corrected chi connectivity index (χ0v) is 12.3. The molecule has 2 aromatic heterocycles. The lowest BCUT2D eigenvalue weighted by Gasteiger charge is -2.03. The Morgan fingerprint density at radius 2 is 2.24 bits per heavy atom. The number of aryl methyl sites for hydroxylation is 1. The fourth-order valence-electron chi connectivity index (χ4n) is 2.00. The van der Waals surface area contributed by atoms with Crippen LogP contribution in [0.1, 0.15) is 28.8 Å². The lowest BCUT2D eigenvalue weighted by Crippen LogP contribution is -2.10. The maximum absolute atomic E-state index is 12.1. The predicted molar refractivity (Wildman–Crippen MR) is 79.1 cm³/mol. The molecule has 0 aliphatic heterocycles. The second kappa shape index (κ2) is 6.01. The molecule has 6 nitrogen and oxygen atoms in total. The highest BCUT2D eigenvalue weighted by molar-refractivity contribution is 7.20. The first-order chi connectivity index (χ1) is 10.3. The third-order valence-electron chi connectivity index (χ3n) is 3.00. The van der Waals surface area contributed by atoms with Gasteiger partial charge >= 0.3 is 5.97 Å². The normalized spacial score (nSPS) is 10.9. The van der Waals surface area contributed by atoms with E-state index >= 15 is 0 Å². The number of fused-ring (bicyclic) bond motifs is 1. The number of carbonyl (C=O) groups is 1. The molecule has 0 bridgehead atoms. The van der Waals surface area contributed by atoms with Crippen LogP contribution in [-0.2, 0) is 17.9 Å². The highest BCUT2D eigenvalue weighted by atomic mass is 32.1. The molecule has 7 heteroatoms. The van der Waals surface area contributed by atoms with E-state index < -0.39 is 0 Å². The standard InChI is InChI=1S/C14H14N4O2S/c1-2-7-18-13(15-16-17-18)9-20-14(19)12-8-10-5-3-4-6-11(10)21-12/h3-6,8H,2,7,9H2,1H3. The van der Waals surface area contributed by atoms with Crippen LogP contribution in [0.25, 0.3) is 10.1 Å². The van der Waals surface area contributed by atoms with E-state index in [2.05, 4.69) is 15.5 Å². The molecule has 0 unspecified atom stereocenters. The second-order valence-electron chi connectivity index (χ2n) is 4.54. The van der Waals surface area contributed by atoms with Gasteiger partial charge in [0.1, 0.15) is 4.88 Å². The van der Waals surface area contributed by atoms with Gasteiger partial charge in [-0.3, -0.25) is 0 Å². The van der Waals surface area contributed by atoms with E-state index in [1.807, 2.05) is 37.3 Å². The molecule has 21 heavy (non-hydrogen) atoms. The molecule has 0 aliphatic rings. The molecule has 0 spiro atoms. The number of esters is 1. The van der Waals surface area contributed by atoms with E-state index in [0.717, 1.165) is 16.5 Å². The van der Waals surface area contributed by atoms with Crippen LogP contribution in [0, 0.1) is 0 Å². The van der Waals surface area contributed by atoms with Gasteiger partial charge in [-0.05, 0) is 34.4 Å². The molecular formula is C14H14N4O2S. The number of hydrogen-bond donors (Lipinski definition) is 0. The van der Waals surface area contributed by atoms with Crippen LogP contribution < -0.4 is 0 Å². The summed E-state index contributed by atoms with van der Waals surface area (Å²) >= 11 is 1.42. The first kappa shape index (κ1) is 13.7. The third kappa shape index (κ3) is 2.92. The van der Waals surface area contributed by atoms with Crippen molar-refractivity contribution >= 4 is 27.4 Å². The van der Waals surface area contributed by atoms with Crippen molar-refractivity contribution in [3.63, 3.8) is 0 Å². The Morgan fingerprint density at radius 3 is 3.05 bits per heavy atom. The number of ether oxygens (including phenoxy) is 1. The monoisotopic (exact) mass is 302 g/mol. The van der Waals surface area contributed by atoms with E-state index in [1.165, 1.54) is 11.3 Å². The molecule has 0 saturated carbocycles. The Balaban J connectivity index is 1.70. The average molecular weight is 302 g/mol. The summed E-state index contributed by atoms with van der Waals surface area (Å²) in [4.78, 5) is 12.7. The van der Waals surface area contributed by atoms with Gasteiger partial charge in [-0.2, -0.15) is 0 Å². The number of hydrogen-bond acceptors (Lipinski definition) is 6. The summed E-state index contributed by atoms with van der Waals surface area (Å²) in [5.41, 5.74) is 0. The molecule has 2 heterocycles. The van der Waals surface area contributed by atoms with Crippen LogP contribution in [-0.4, -0.2) is 26.2 Å². The zero-order chi connectivity index (χ0) is 14.7. The van der Waals surface area contributed by atoms with Crippen molar-refractivity contribution < 1.29 is 9.53 Å². The predicted octanol–water partition coefficient (Wildman–Crippen LogP) is 2.65. The van der Waals surface area contributed by atoms with E-state index in [9.17, 15) is 4.79 Å². The van der Waals surface area contributed by atoms with Crippen molar-refractivity contribution in [2.24, 2.45) is 0 Å². The Kier molecular flexibility index (Phi) is 3.92. The Labute approximate surface area is 125 Å². The number of rotatable bonds is 5. The Morgan fingerprint density at radius 1 is 1.38 bits per heavy atom. The largest absolute Gasteiger partial charge is 0.453 e. The minimum Gasteiger partial charge on any atom is -0.453 e. The van der Waals surface area contributed by atoms with Crippen LogP contribution in [0.2, 0.25) is 0 Å². The van der Waals surface area contributed by atoms with Crippen molar-refractivity contribution in [2.45, 2.75) is 26.5 Å². The second-order valence-corrected chi connectivity index (χ2v) is 5.63. The van der Waals surface area contributed by atoms with Crippen LogP contribution in [0.4, 0.5) is 0 Å². The van der Waals surface area contributed by atoms with Gasteiger partial charge in [0.2, 0.25) is 0 Å². The highest BCUT2D eigenvalue weighted by Crippen LogP contribution is 2.25. The van der Waals surface area contributed by atoms with Gasteiger partial charge in [-0.15, -0.1) is 16.4 Å². The molecule has 0 saturated heterocycles. The van der Waals surface area contributed by atoms with Gasteiger partial charge < -0.3 is 4.74 Å². The summed E-state index contributed by atoms with van der Waals surface area (Å²) in [5.74, 6) is 0.216. The SMILES string of the molecule is CCCn1nnnc1COC(=O)c1cc2ccccc2s1. The van der Waals surface area contributed by atoms with Crippen molar-refractivity contribution in [3.8, 4) is 0 Å². The molecule has 1 aromatic carbocycles. The highest BCUT2D eigenvalue weighted by Gasteiger charge is 2.14. The van der Waals surface area contributed by atoms with Crippen molar-refractivity contribution in [1.29, 1.82) is 0 Å². The van der Waals surface area contributed by atoms with Gasteiger partial charge in [-0.1, -0.05) is 25.1 Å². The topological polar surface area (TPSA) is 69.9 Å². The van der Waals surface area contributed by atoms with E-state index in [4.69, 9.17) is 4.74 Å². The number of carbonyl (C=O) groups excluding carboxylic acids is 1. The average Bonchev–Trinajstić information content (AvgIpc) is 3.11. The van der Waals surface area contributed by atoms with Gasteiger partial charge in [0.05, 0.1) is 0 Å². The smallest absolute Gasteiger partial charge is 0.348 e. The fraction of sp³-hybridized carbons (Fsp3) is 0.286. The lowest BCUT2D eigenvalue weighted by molar-refractivity contribution is 0.0462. The minimum atomic E-state index is -0.345. The minimum absolute atomic E-state index is 0.0834. The molecule has 3 rings (SSSR count).